The summed E-state index contributed by atoms with van der Waals surface area (Å²) in [6.07, 6.45) is 0. The zero-order chi connectivity index (χ0) is 12.3. The molecule has 0 aliphatic rings. The molecule has 0 aliphatic carbocycles. The van der Waals surface area contributed by atoms with Crippen molar-refractivity contribution in [1.29, 1.82) is 0 Å². The lowest BCUT2D eigenvalue weighted by atomic mass is 10.2. The van der Waals surface area contributed by atoms with Crippen molar-refractivity contribution in [2.45, 2.75) is 6.54 Å². The number of hydrogen-bond donors (Lipinski definition) is 2. The van der Waals surface area contributed by atoms with Crippen molar-refractivity contribution in [3.8, 4) is 0 Å². The first kappa shape index (κ1) is 12.2. The molecule has 3 N–H and O–H groups in total. The summed E-state index contributed by atoms with van der Waals surface area (Å²) in [7, 11) is 0. The minimum absolute atomic E-state index is 0.525. The number of nitrogens with two attached hydrogens (primary N) is 1. The van der Waals surface area contributed by atoms with Gasteiger partial charge in [0.05, 0.1) is 15.7 Å². The second-order valence-electron chi connectivity index (χ2n) is 3.63. The number of benzene rings is 2. The minimum atomic E-state index is 0.525. The Kier molecular flexibility index (Phi) is 3.89. The Balaban J connectivity index is 2.22. The van der Waals surface area contributed by atoms with E-state index in [0.717, 1.165) is 16.9 Å². The van der Waals surface area contributed by atoms with Crippen molar-refractivity contribution >= 4 is 34.6 Å². The van der Waals surface area contributed by atoms with Crippen LogP contribution in [0.2, 0.25) is 10.0 Å². The molecule has 0 aromatic heterocycles. The molecule has 0 heterocycles. The average molecular weight is 267 g/mol. The highest BCUT2D eigenvalue weighted by Gasteiger charge is 2.04. The Morgan fingerprint density at radius 2 is 1.71 bits per heavy atom. The topological polar surface area (TPSA) is 38.0 Å². The summed E-state index contributed by atoms with van der Waals surface area (Å²) < 4.78 is 0. The van der Waals surface area contributed by atoms with Gasteiger partial charge >= 0.3 is 0 Å². The molecule has 0 aliphatic heterocycles. The van der Waals surface area contributed by atoms with Gasteiger partial charge in [0.1, 0.15) is 0 Å². The highest BCUT2D eigenvalue weighted by Crippen LogP contribution is 2.31. The van der Waals surface area contributed by atoms with E-state index < -0.39 is 0 Å². The molecular weight excluding hydrogens is 255 g/mol. The van der Waals surface area contributed by atoms with E-state index in [0.29, 0.717) is 16.6 Å². The quantitative estimate of drug-likeness (QED) is 0.874. The molecule has 0 saturated heterocycles. The predicted octanol–water partition coefficient (Wildman–Crippen LogP) is 4.20. The maximum absolute atomic E-state index is 6.09. The largest absolute Gasteiger partial charge is 0.354 e. The molecule has 4 heteroatoms. The van der Waals surface area contributed by atoms with Crippen LogP contribution in [0.25, 0.3) is 0 Å². The molecule has 0 amide bonds. The van der Waals surface area contributed by atoms with Gasteiger partial charge in [-0.05, 0) is 29.8 Å². The first-order valence-corrected chi connectivity index (χ1v) is 5.96. The van der Waals surface area contributed by atoms with Crippen LogP contribution in [0, 0.1) is 0 Å². The Hall–Kier alpha value is -1.22. The van der Waals surface area contributed by atoms with Crippen LogP contribution in [0.1, 0.15) is 5.56 Å². The van der Waals surface area contributed by atoms with Crippen LogP contribution in [0.5, 0.6) is 0 Å². The molecule has 2 aromatic carbocycles. The molecule has 0 spiro atoms. The zero-order valence-corrected chi connectivity index (χ0v) is 10.6. The third-order valence-corrected chi connectivity index (χ3v) is 3.24. The Labute approximate surface area is 110 Å². The van der Waals surface area contributed by atoms with Gasteiger partial charge in [0, 0.05) is 12.2 Å². The van der Waals surface area contributed by atoms with Crippen LogP contribution >= 0.6 is 23.2 Å². The third-order valence-electron chi connectivity index (χ3n) is 2.42. The van der Waals surface area contributed by atoms with Gasteiger partial charge in [-0.3, -0.25) is 0 Å². The molecule has 2 rings (SSSR count). The number of halogens is 2. The van der Waals surface area contributed by atoms with Crippen molar-refractivity contribution in [1.82, 2.24) is 0 Å². The zero-order valence-electron chi connectivity index (χ0n) is 9.08. The van der Waals surface area contributed by atoms with Gasteiger partial charge in [0.25, 0.3) is 0 Å². The van der Waals surface area contributed by atoms with E-state index in [2.05, 4.69) is 5.32 Å². The van der Waals surface area contributed by atoms with E-state index in [-0.39, 0.29) is 0 Å². The summed E-state index contributed by atoms with van der Waals surface area (Å²) in [5.41, 5.74) is 8.37. The fourth-order valence-electron chi connectivity index (χ4n) is 1.48. The van der Waals surface area contributed by atoms with Crippen LogP contribution in [0.15, 0.2) is 42.5 Å². The van der Waals surface area contributed by atoms with Gasteiger partial charge in [-0.25, -0.2) is 0 Å². The molecule has 17 heavy (non-hydrogen) atoms. The summed E-state index contributed by atoms with van der Waals surface area (Å²) in [5.74, 6) is 0. The van der Waals surface area contributed by atoms with E-state index in [1.165, 1.54) is 0 Å². The van der Waals surface area contributed by atoms with E-state index in [1.807, 2.05) is 36.4 Å². The van der Waals surface area contributed by atoms with Crippen molar-refractivity contribution < 1.29 is 0 Å². The molecule has 88 valence electrons. The Morgan fingerprint density at radius 1 is 1.00 bits per heavy atom. The average Bonchev–Trinajstić information content (AvgIpc) is 2.36. The lowest BCUT2D eigenvalue weighted by Gasteiger charge is -2.09. The van der Waals surface area contributed by atoms with Crippen molar-refractivity contribution in [3.63, 3.8) is 0 Å². The fourth-order valence-corrected chi connectivity index (χ4v) is 1.83. The molecular formula is C13H12Cl2N2. The van der Waals surface area contributed by atoms with Gasteiger partial charge in [0.2, 0.25) is 0 Å². The van der Waals surface area contributed by atoms with Crippen molar-refractivity contribution in [2.75, 3.05) is 5.32 Å². The van der Waals surface area contributed by atoms with Crippen molar-refractivity contribution in [2.24, 2.45) is 5.73 Å². The van der Waals surface area contributed by atoms with Gasteiger partial charge in [-0.15, -0.1) is 0 Å². The van der Waals surface area contributed by atoms with E-state index in [4.69, 9.17) is 28.9 Å². The van der Waals surface area contributed by atoms with Crippen LogP contribution in [-0.4, -0.2) is 0 Å². The Morgan fingerprint density at radius 3 is 2.35 bits per heavy atom. The van der Waals surface area contributed by atoms with Crippen molar-refractivity contribution in [3.05, 3.63) is 58.1 Å². The fraction of sp³-hybridized carbons (Fsp3) is 0.0769. The van der Waals surface area contributed by atoms with Gasteiger partial charge in [0.15, 0.2) is 0 Å². The van der Waals surface area contributed by atoms with Crippen LogP contribution in [-0.2, 0) is 6.54 Å². The van der Waals surface area contributed by atoms with Crippen LogP contribution < -0.4 is 11.1 Å². The molecule has 0 unspecified atom stereocenters. The van der Waals surface area contributed by atoms with Gasteiger partial charge < -0.3 is 11.1 Å². The summed E-state index contributed by atoms with van der Waals surface area (Å²) in [6, 6.07) is 13.4. The molecule has 0 saturated carbocycles. The highest BCUT2D eigenvalue weighted by atomic mass is 35.5. The normalized spacial score (nSPS) is 10.3. The second-order valence-corrected chi connectivity index (χ2v) is 4.41. The Bertz CT molecular complexity index is 509. The molecule has 2 aromatic rings. The standard InChI is InChI=1S/C13H12Cl2N2/c14-11-2-1-3-12(13(11)15)17-10-6-4-9(8-16)5-7-10/h1-7,17H,8,16H2. The summed E-state index contributed by atoms with van der Waals surface area (Å²) in [4.78, 5) is 0. The predicted molar refractivity (Wildman–Crippen MR) is 74.1 cm³/mol. The van der Waals surface area contributed by atoms with Crippen LogP contribution in [0.4, 0.5) is 11.4 Å². The molecule has 2 nitrogen and oxygen atoms in total. The lowest BCUT2D eigenvalue weighted by Crippen LogP contribution is -1.96. The smallest absolute Gasteiger partial charge is 0.0827 e. The SMILES string of the molecule is NCc1ccc(Nc2cccc(Cl)c2Cl)cc1. The molecule has 0 bridgehead atoms. The second kappa shape index (κ2) is 5.41. The number of hydrogen-bond acceptors (Lipinski definition) is 2. The monoisotopic (exact) mass is 266 g/mol. The van der Waals surface area contributed by atoms with E-state index in [9.17, 15) is 0 Å². The van der Waals surface area contributed by atoms with E-state index in [1.54, 1.807) is 6.07 Å². The number of rotatable bonds is 3. The maximum atomic E-state index is 6.09. The number of anilines is 2. The summed E-state index contributed by atoms with van der Waals surface area (Å²) in [5, 5.41) is 4.27. The van der Waals surface area contributed by atoms with Gasteiger partial charge in [-0.1, -0.05) is 41.4 Å². The van der Waals surface area contributed by atoms with E-state index >= 15 is 0 Å². The third kappa shape index (κ3) is 2.91. The van der Waals surface area contributed by atoms with Gasteiger partial charge in [-0.2, -0.15) is 0 Å². The maximum Gasteiger partial charge on any atom is 0.0827 e. The first-order valence-electron chi connectivity index (χ1n) is 5.21. The lowest BCUT2D eigenvalue weighted by molar-refractivity contribution is 1.07. The molecule has 0 atom stereocenters. The highest BCUT2D eigenvalue weighted by molar-refractivity contribution is 6.43. The number of nitrogens with one attached hydrogen (secondary N) is 1. The molecule has 0 radical (unpaired) electrons. The first-order chi connectivity index (χ1) is 8.20. The molecule has 0 fully saturated rings. The summed E-state index contributed by atoms with van der Waals surface area (Å²) in [6.45, 7) is 0.540. The van der Waals surface area contributed by atoms with Crippen LogP contribution in [0.3, 0.4) is 0 Å². The summed E-state index contributed by atoms with van der Waals surface area (Å²) >= 11 is 12.0. The minimum Gasteiger partial charge on any atom is -0.354 e.